The first kappa shape index (κ1) is 20.6. The maximum atomic E-state index is 12.4. The van der Waals surface area contributed by atoms with Crippen LogP contribution in [0.3, 0.4) is 0 Å². The van der Waals surface area contributed by atoms with Gasteiger partial charge in [-0.1, -0.05) is 53.0 Å². The largest absolute Gasteiger partial charge is 0.482 e. The number of hydrogen-bond donors (Lipinski definition) is 1. The number of rotatable bonds is 4. The molecule has 148 valence electrons. The van der Waals surface area contributed by atoms with E-state index in [4.69, 9.17) is 39.5 Å². The number of urea groups is 1. The Morgan fingerprint density at radius 1 is 0.893 bits per heavy atom. The van der Waals surface area contributed by atoms with Crippen molar-refractivity contribution in [2.24, 2.45) is 0 Å². The summed E-state index contributed by atoms with van der Waals surface area (Å²) in [5, 5.41) is 3.73. The van der Waals surface area contributed by atoms with Crippen molar-refractivity contribution in [2.45, 2.75) is 0 Å². The summed E-state index contributed by atoms with van der Waals surface area (Å²) in [6.07, 6.45) is 0. The standard InChI is InChI=1S/C19H18Cl3N3O3/c20-14-10-16(22)17(11-15(14)21)28-12-18(26)24-6-8-25(9-7-24)19(27)23-13-4-2-1-3-5-13/h1-5,10-11H,6-9,12H2,(H,23,27). The Hall–Kier alpha value is -2.15. The van der Waals surface area contributed by atoms with Gasteiger partial charge in [-0.05, 0) is 18.2 Å². The number of carbonyl (C=O) groups is 2. The number of para-hydroxylation sites is 1. The molecule has 3 rings (SSSR count). The van der Waals surface area contributed by atoms with E-state index in [0.717, 1.165) is 5.69 Å². The Labute approximate surface area is 177 Å². The minimum Gasteiger partial charge on any atom is -0.482 e. The summed E-state index contributed by atoms with van der Waals surface area (Å²) in [5.74, 6) is 0.107. The van der Waals surface area contributed by atoms with Crippen molar-refractivity contribution >= 4 is 52.4 Å². The molecule has 0 aromatic heterocycles. The number of benzene rings is 2. The van der Waals surface area contributed by atoms with Gasteiger partial charge in [-0.3, -0.25) is 4.79 Å². The molecule has 3 amide bonds. The summed E-state index contributed by atoms with van der Waals surface area (Å²) in [4.78, 5) is 28.0. The van der Waals surface area contributed by atoms with Crippen molar-refractivity contribution < 1.29 is 14.3 Å². The number of anilines is 1. The number of ether oxygens (including phenoxy) is 1. The highest BCUT2D eigenvalue weighted by atomic mass is 35.5. The lowest BCUT2D eigenvalue weighted by Gasteiger charge is -2.34. The molecule has 0 aliphatic carbocycles. The monoisotopic (exact) mass is 441 g/mol. The molecule has 2 aromatic carbocycles. The van der Waals surface area contributed by atoms with Crippen LogP contribution in [-0.4, -0.2) is 54.5 Å². The van der Waals surface area contributed by atoms with Crippen molar-refractivity contribution in [2.75, 3.05) is 38.1 Å². The van der Waals surface area contributed by atoms with Gasteiger partial charge in [-0.15, -0.1) is 0 Å². The zero-order chi connectivity index (χ0) is 20.1. The molecule has 2 aromatic rings. The van der Waals surface area contributed by atoms with Crippen LogP contribution in [0.4, 0.5) is 10.5 Å². The summed E-state index contributed by atoms with van der Waals surface area (Å²) in [6.45, 7) is 1.57. The lowest BCUT2D eigenvalue weighted by molar-refractivity contribution is -0.134. The Kier molecular flexibility index (Phi) is 6.88. The molecular formula is C19H18Cl3N3O3. The Bertz CT molecular complexity index is 856. The summed E-state index contributed by atoms with van der Waals surface area (Å²) < 4.78 is 5.48. The highest BCUT2D eigenvalue weighted by Crippen LogP contribution is 2.33. The Morgan fingerprint density at radius 2 is 1.50 bits per heavy atom. The van der Waals surface area contributed by atoms with Gasteiger partial charge >= 0.3 is 6.03 Å². The summed E-state index contributed by atoms with van der Waals surface area (Å²) in [5.41, 5.74) is 0.734. The molecule has 1 saturated heterocycles. The average Bonchev–Trinajstić information content (AvgIpc) is 2.70. The van der Waals surface area contributed by atoms with Crippen LogP contribution in [0.15, 0.2) is 42.5 Å². The normalized spacial score (nSPS) is 14.0. The van der Waals surface area contributed by atoms with E-state index in [1.807, 2.05) is 30.3 Å². The third-order valence-electron chi connectivity index (χ3n) is 4.27. The maximum absolute atomic E-state index is 12.4. The second-order valence-corrected chi connectivity index (χ2v) is 7.37. The van der Waals surface area contributed by atoms with Crippen LogP contribution in [-0.2, 0) is 4.79 Å². The van der Waals surface area contributed by atoms with Crippen molar-refractivity contribution in [3.8, 4) is 5.75 Å². The third kappa shape index (κ3) is 5.22. The van der Waals surface area contributed by atoms with Crippen LogP contribution in [0.5, 0.6) is 5.75 Å². The van der Waals surface area contributed by atoms with Crippen LogP contribution in [0.2, 0.25) is 15.1 Å². The molecule has 1 aliphatic rings. The molecule has 28 heavy (non-hydrogen) atoms. The van der Waals surface area contributed by atoms with E-state index in [0.29, 0.717) is 42.0 Å². The van der Waals surface area contributed by atoms with Gasteiger partial charge in [-0.25, -0.2) is 4.79 Å². The molecule has 0 saturated carbocycles. The van der Waals surface area contributed by atoms with E-state index in [-0.39, 0.29) is 23.6 Å². The SMILES string of the molecule is O=C(COc1cc(Cl)c(Cl)cc1Cl)N1CCN(C(=O)Nc2ccccc2)CC1. The summed E-state index contributed by atoms with van der Waals surface area (Å²) >= 11 is 17.9. The summed E-state index contributed by atoms with van der Waals surface area (Å²) in [7, 11) is 0. The van der Waals surface area contributed by atoms with Crippen LogP contribution in [0, 0.1) is 0 Å². The van der Waals surface area contributed by atoms with Crippen LogP contribution in [0.25, 0.3) is 0 Å². The number of amides is 3. The Morgan fingerprint density at radius 3 is 2.18 bits per heavy atom. The predicted octanol–water partition coefficient (Wildman–Crippen LogP) is 4.40. The molecular weight excluding hydrogens is 425 g/mol. The number of nitrogens with zero attached hydrogens (tertiary/aromatic N) is 2. The Balaban J connectivity index is 1.47. The highest BCUT2D eigenvalue weighted by molar-refractivity contribution is 6.43. The van der Waals surface area contributed by atoms with Crippen molar-refractivity contribution in [1.82, 2.24) is 9.80 Å². The number of halogens is 3. The highest BCUT2D eigenvalue weighted by Gasteiger charge is 2.24. The molecule has 1 N–H and O–H groups in total. The van der Waals surface area contributed by atoms with Crippen molar-refractivity contribution in [1.29, 1.82) is 0 Å². The zero-order valence-corrected chi connectivity index (χ0v) is 17.1. The molecule has 0 radical (unpaired) electrons. The first-order valence-corrected chi connectivity index (χ1v) is 9.73. The van der Waals surface area contributed by atoms with Gasteiger partial charge in [0, 0.05) is 37.9 Å². The minimum atomic E-state index is -0.190. The fourth-order valence-corrected chi connectivity index (χ4v) is 3.32. The van der Waals surface area contributed by atoms with Crippen molar-refractivity contribution in [3.05, 3.63) is 57.5 Å². The predicted molar refractivity (Wildman–Crippen MR) is 111 cm³/mol. The van der Waals surface area contributed by atoms with E-state index in [9.17, 15) is 9.59 Å². The molecule has 1 aliphatic heterocycles. The average molecular weight is 443 g/mol. The van der Waals surface area contributed by atoms with Gasteiger partial charge < -0.3 is 19.9 Å². The number of nitrogens with one attached hydrogen (secondary N) is 1. The van der Waals surface area contributed by atoms with Gasteiger partial charge in [0.05, 0.1) is 15.1 Å². The maximum Gasteiger partial charge on any atom is 0.321 e. The van der Waals surface area contributed by atoms with Crippen LogP contribution in [0.1, 0.15) is 0 Å². The zero-order valence-electron chi connectivity index (χ0n) is 14.8. The van der Waals surface area contributed by atoms with E-state index < -0.39 is 0 Å². The second-order valence-electron chi connectivity index (χ2n) is 6.15. The second kappa shape index (κ2) is 9.37. The van der Waals surface area contributed by atoms with Gasteiger partial charge in [0.2, 0.25) is 0 Å². The minimum absolute atomic E-state index is 0.173. The van der Waals surface area contributed by atoms with Gasteiger partial charge in [-0.2, -0.15) is 0 Å². The van der Waals surface area contributed by atoms with Crippen LogP contribution >= 0.6 is 34.8 Å². The number of piperazine rings is 1. The van der Waals surface area contributed by atoms with E-state index >= 15 is 0 Å². The lowest BCUT2D eigenvalue weighted by atomic mass is 10.3. The van der Waals surface area contributed by atoms with E-state index in [1.54, 1.807) is 9.80 Å². The van der Waals surface area contributed by atoms with Gasteiger partial charge in [0.25, 0.3) is 5.91 Å². The molecule has 1 heterocycles. The van der Waals surface area contributed by atoms with Gasteiger partial charge in [0.1, 0.15) is 5.75 Å². The third-order valence-corrected chi connectivity index (χ3v) is 5.29. The molecule has 0 spiro atoms. The molecule has 0 bridgehead atoms. The smallest absolute Gasteiger partial charge is 0.321 e. The molecule has 9 heteroatoms. The fourth-order valence-electron chi connectivity index (χ4n) is 2.73. The molecule has 1 fully saturated rings. The van der Waals surface area contributed by atoms with E-state index in [2.05, 4.69) is 5.32 Å². The molecule has 6 nitrogen and oxygen atoms in total. The first-order valence-electron chi connectivity index (χ1n) is 8.60. The molecule has 0 unspecified atom stereocenters. The first-order chi connectivity index (χ1) is 13.4. The number of carbonyl (C=O) groups excluding carboxylic acids is 2. The van der Waals surface area contributed by atoms with Gasteiger partial charge in [0.15, 0.2) is 6.61 Å². The van der Waals surface area contributed by atoms with Crippen molar-refractivity contribution in [3.63, 3.8) is 0 Å². The van der Waals surface area contributed by atoms with Crippen LogP contribution < -0.4 is 10.1 Å². The molecule has 0 atom stereocenters. The fraction of sp³-hybridized carbons (Fsp3) is 0.263. The number of hydrogen-bond acceptors (Lipinski definition) is 3. The van der Waals surface area contributed by atoms with E-state index in [1.165, 1.54) is 12.1 Å². The lowest BCUT2D eigenvalue weighted by Crippen LogP contribution is -2.52. The topological polar surface area (TPSA) is 61.9 Å². The quantitative estimate of drug-likeness (QED) is 0.714. The summed E-state index contributed by atoms with van der Waals surface area (Å²) in [6, 6.07) is 12.0.